The lowest BCUT2D eigenvalue weighted by Crippen LogP contribution is -2.37. The van der Waals surface area contributed by atoms with Gasteiger partial charge >= 0.3 is 5.97 Å². The SMILES string of the molecule is Cc1ccc2c(CC(=O)O[C@@H](C)C(=O)N[C@H](C)c3ccc(F)cc3)coc2c1. The second-order valence-electron chi connectivity index (χ2n) is 6.85. The summed E-state index contributed by atoms with van der Waals surface area (Å²) >= 11 is 0. The number of hydrogen-bond donors (Lipinski definition) is 1. The first kappa shape index (κ1) is 19.6. The third kappa shape index (κ3) is 4.57. The van der Waals surface area contributed by atoms with Gasteiger partial charge in [-0.15, -0.1) is 0 Å². The molecule has 0 aliphatic heterocycles. The monoisotopic (exact) mass is 383 g/mol. The summed E-state index contributed by atoms with van der Waals surface area (Å²) in [5.41, 5.74) is 3.25. The molecule has 0 spiro atoms. The van der Waals surface area contributed by atoms with E-state index in [0.717, 1.165) is 16.5 Å². The van der Waals surface area contributed by atoms with Crippen LogP contribution in [0.5, 0.6) is 0 Å². The highest BCUT2D eigenvalue weighted by molar-refractivity contribution is 5.88. The van der Waals surface area contributed by atoms with Gasteiger partial charge in [-0.1, -0.05) is 24.3 Å². The molecular weight excluding hydrogens is 361 g/mol. The first-order valence-corrected chi connectivity index (χ1v) is 9.05. The molecule has 3 rings (SSSR count). The molecule has 1 heterocycles. The highest BCUT2D eigenvalue weighted by Gasteiger charge is 2.21. The van der Waals surface area contributed by atoms with Gasteiger partial charge in [0.2, 0.25) is 0 Å². The van der Waals surface area contributed by atoms with E-state index in [1.54, 1.807) is 19.1 Å². The van der Waals surface area contributed by atoms with Crippen LogP contribution < -0.4 is 5.32 Å². The van der Waals surface area contributed by atoms with Crippen molar-refractivity contribution >= 4 is 22.8 Å². The Morgan fingerprint density at radius 1 is 1.14 bits per heavy atom. The number of hydrogen-bond acceptors (Lipinski definition) is 4. The molecule has 0 radical (unpaired) electrons. The van der Waals surface area contributed by atoms with Gasteiger partial charge in [0.05, 0.1) is 18.7 Å². The van der Waals surface area contributed by atoms with Crippen LogP contribution in [0.3, 0.4) is 0 Å². The normalized spacial score (nSPS) is 13.1. The molecule has 1 N–H and O–H groups in total. The van der Waals surface area contributed by atoms with Crippen LogP contribution in [-0.4, -0.2) is 18.0 Å². The summed E-state index contributed by atoms with van der Waals surface area (Å²) in [5, 5.41) is 3.61. The van der Waals surface area contributed by atoms with Crippen molar-refractivity contribution < 1.29 is 23.1 Å². The lowest BCUT2D eigenvalue weighted by molar-refractivity contribution is -0.154. The second kappa shape index (κ2) is 8.25. The number of aryl methyl sites for hydroxylation is 1. The molecule has 2 aromatic carbocycles. The maximum atomic E-state index is 13.0. The van der Waals surface area contributed by atoms with Gasteiger partial charge in [0.1, 0.15) is 11.4 Å². The van der Waals surface area contributed by atoms with Crippen LogP contribution in [0.2, 0.25) is 0 Å². The van der Waals surface area contributed by atoms with Crippen molar-refractivity contribution in [2.45, 2.75) is 39.3 Å². The summed E-state index contributed by atoms with van der Waals surface area (Å²) in [6.07, 6.45) is 0.601. The maximum absolute atomic E-state index is 13.0. The van der Waals surface area contributed by atoms with E-state index in [1.165, 1.54) is 25.3 Å². The fourth-order valence-corrected chi connectivity index (χ4v) is 2.94. The van der Waals surface area contributed by atoms with E-state index in [9.17, 15) is 14.0 Å². The fraction of sp³-hybridized carbons (Fsp3) is 0.273. The molecule has 3 aromatic rings. The number of benzene rings is 2. The van der Waals surface area contributed by atoms with Crippen LogP contribution >= 0.6 is 0 Å². The first-order chi connectivity index (χ1) is 13.3. The smallest absolute Gasteiger partial charge is 0.311 e. The number of rotatable bonds is 6. The van der Waals surface area contributed by atoms with Gasteiger partial charge in [-0.2, -0.15) is 0 Å². The number of furan rings is 1. The number of ether oxygens (including phenoxy) is 1. The molecule has 0 aliphatic rings. The van der Waals surface area contributed by atoms with Crippen molar-refractivity contribution in [3.63, 3.8) is 0 Å². The highest BCUT2D eigenvalue weighted by atomic mass is 19.1. The number of amides is 1. The molecular formula is C22H22FNO4. The Hall–Kier alpha value is -3.15. The Morgan fingerprint density at radius 2 is 1.86 bits per heavy atom. The van der Waals surface area contributed by atoms with Crippen molar-refractivity contribution in [1.82, 2.24) is 5.32 Å². The summed E-state index contributed by atoms with van der Waals surface area (Å²) in [4.78, 5) is 24.5. The molecule has 146 valence electrons. The Balaban J connectivity index is 1.57. The van der Waals surface area contributed by atoms with Gasteiger partial charge in [0.25, 0.3) is 5.91 Å². The summed E-state index contributed by atoms with van der Waals surface area (Å²) in [6, 6.07) is 11.3. The summed E-state index contributed by atoms with van der Waals surface area (Å²) in [6.45, 7) is 5.25. The van der Waals surface area contributed by atoms with Crippen molar-refractivity contribution in [3.8, 4) is 0 Å². The van der Waals surface area contributed by atoms with Crippen molar-refractivity contribution in [3.05, 3.63) is 71.2 Å². The summed E-state index contributed by atoms with van der Waals surface area (Å²) < 4.78 is 23.7. The van der Waals surface area contributed by atoms with Crippen molar-refractivity contribution in [1.29, 1.82) is 0 Å². The molecule has 0 saturated heterocycles. The van der Waals surface area contributed by atoms with E-state index in [1.807, 2.05) is 25.1 Å². The molecule has 5 nitrogen and oxygen atoms in total. The minimum absolute atomic E-state index is 0.0151. The molecule has 0 fully saturated rings. The van der Waals surface area contributed by atoms with E-state index in [4.69, 9.17) is 9.15 Å². The van der Waals surface area contributed by atoms with Crippen LogP contribution in [0.15, 0.2) is 53.1 Å². The predicted octanol–water partition coefficient (Wildman–Crippen LogP) is 4.23. The van der Waals surface area contributed by atoms with E-state index < -0.39 is 18.0 Å². The quantitative estimate of drug-likeness (QED) is 0.647. The number of fused-ring (bicyclic) bond motifs is 1. The third-order valence-corrected chi connectivity index (χ3v) is 4.55. The molecule has 28 heavy (non-hydrogen) atoms. The third-order valence-electron chi connectivity index (χ3n) is 4.55. The zero-order valence-corrected chi connectivity index (χ0v) is 16.0. The fourth-order valence-electron chi connectivity index (χ4n) is 2.94. The van der Waals surface area contributed by atoms with Crippen molar-refractivity contribution in [2.75, 3.05) is 0 Å². The number of esters is 1. The molecule has 1 amide bonds. The number of carbonyl (C=O) groups excluding carboxylic acids is 2. The first-order valence-electron chi connectivity index (χ1n) is 9.05. The van der Waals surface area contributed by atoms with Crippen molar-refractivity contribution in [2.24, 2.45) is 0 Å². The topological polar surface area (TPSA) is 68.5 Å². The van der Waals surface area contributed by atoms with Crippen LogP contribution in [-0.2, 0) is 20.7 Å². The molecule has 0 aliphatic carbocycles. The average molecular weight is 383 g/mol. The Bertz CT molecular complexity index is 993. The lowest BCUT2D eigenvalue weighted by Gasteiger charge is -2.18. The molecule has 2 atom stereocenters. The van der Waals surface area contributed by atoms with Gasteiger partial charge in [-0.25, -0.2) is 4.39 Å². The Labute approximate surface area is 162 Å². The zero-order valence-electron chi connectivity index (χ0n) is 16.0. The van der Waals surface area contributed by atoms with Gasteiger partial charge in [-0.3, -0.25) is 9.59 Å². The number of halogens is 1. The molecule has 0 bridgehead atoms. The van der Waals surface area contributed by atoms with Crippen LogP contribution in [0.25, 0.3) is 11.0 Å². The molecule has 0 unspecified atom stereocenters. The molecule has 0 saturated carbocycles. The maximum Gasteiger partial charge on any atom is 0.311 e. The average Bonchev–Trinajstić information content (AvgIpc) is 3.03. The second-order valence-corrected chi connectivity index (χ2v) is 6.85. The Morgan fingerprint density at radius 3 is 2.57 bits per heavy atom. The largest absolute Gasteiger partial charge is 0.464 e. The van der Waals surface area contributed by atoms with E-state index in [-0.39, 0.29) is 18.3 Å². The zero-order chi connectivity index (χ0) is 20.3. The van der Waals surface area contributed by atoms with E-state index >= 15 is 0 Å². The summed E-state index contributed by atoms with van der Waals surface area (Å²) in [7, 11) is 0. The molecule has 6 heteroatoms. The van der Waals surface area contributed by atoms with Crippen LogP contribution in [0.1, 0.15) is 36.6 Å². The van der Waals surface area contributed by atoms with Gasteiger partial charge in [0.15, 0.2) is 6.10 Å². The van der Waals surface area contributed by atoms with Crippen LogP contribution in [0.4, 0.5) is 4.39 Å². The van der Waals surface area contributed by atoms with E-state index in [2.05, 4.69) is 5.32 Å². The Kier molecular flexibility index (Phi) is 5.78. The van der Waals surface area contributed by atoms with E-state index in [0.29, 0.717) is 11.1 Å². The lowest BCUT2D eigenvalue weighted by atomic mass is 10.1. The predicted molar refractivity (Wildman–Crippen MR) is 103 cm³/mol. The number of carbonyl (C=O) groups is 2. The van der Waals surface area contributed by atoms with Crippen LogP contribution in [0, 0.1) is 12.7 Å². The molecule has 1 aromatic heterocycles. The minimum atomic E-state index is -0.948. The highest BCUT2D eigenvalue weighted by Crippen LogP contribution is 2.23. The van der Waals surface area contributed by atoms with Gasteiger partial charge < -0.3 is 14.5 Å². The summed E-state index contributed by atoms with van der Waals surface area (Å²) in [5.74, 6) is -1.27. The van der Waals surface area contributed by atoms with Gasteiger partial charge in [0, 0.05) is 10.9 Å². The standard InChI is InChI=1S/C22H22FNO4/c1-13-4-9-19-17(12-27-20(19)10-13)11-21(25)28-15(3)22(26)24-14(2)16-5-7-18(23)8-6-16/h4-10,12,14-15H,11H2,1-3H3,(H,24,26)/t14-,15+/m1/s1. The van der Waals surface area contributed by atoms with Gasteiger partial charge in [-0.05, 0) is 50.1 Å². The minimum Gasteiger partial charge on any atom is -0.464 e. The number of nitrogens with one attached hydrogen (secondary N) is 1.